The van der Waals surface area contributed by atoms with Crippen molar-refractivity contribution in [1.82, 2.24) is 0 Å². The summed E-state index contributed by atoms with van der Waals surface area (Å²) in [5.74, 6) is 1.18. The predicted molar refractivity (Wildman–Crippen MR) is 65.3 cm³/mol. The van der Waals surface area contributed by atoms with Gasteiger partial charge < -0.3 is 5.11 Å². The first kappa shape index (κ1) is 12.9. The summed E-state index contributed by atoms with van der Waals surface area (Å²) in [5.41, 5.74) is -0.379. The fourth-order valence-electron chi connectivity index (χ4n) is 2.67. The minimum Gasteiger partial charge on any atom is -0.481 e. The van der Waals surface area contributed by atoms with E-state index < -0.39 is 5.97 Å². The average molecular weight is 230 g/mol. The molecule has 1 aliphatic carbocycles. The Morgan fingerprint density at radius 3 is 2.80 bits per heavy atom. The van der Waals surface area contributed by atoms with Gasteiger partial charge in [0.1, 0.15) is 0 Å². The summed E-state index contributed by atoms with van der Waals surface area (Å²) in [6.45, 7) is 2.17. The van der Waals surface area contributed by atoms with Crippen molar-refractivity contribution in [3.05, 3.63) is 0 Å². The maximum Gasteiger partial charge on any atom is 0.309 e. The molecule has 0 aromatic rings. The van der Waals surface area contributed by atoms with E-state index in [0.717, 1.165) is 44.3 Å². The molecule has 0 amide bonds. The number of carboxylic acids is 1. The molecule has 1 aliphatic rings. The van der Waals surface area contributed by atoms with Crippen molar-refractivity contribution in [2.24, 2.45) is 11.3 Å². The van der Waals surface area contributed by atoms with Crippen LogP contribution in [0.1, 0.15) is 45.4 Å². The summed E-state index contributed by atoms with van der Waals surface area (Å²) < 4.78 is 0. The molecule has 0 aromatic carbocycles. The largest absolute Gasteiger partial charge is 0.481 e. The summed E-state index contributed by atoms with van der Waals surface area (Å²) in [6.07, 6.45) is 8.06. The standard InChI is InChI=1S/C12H22O2S/c1-3-10-5-7-12(9-10,11(13)14)6-4-8-15-2/h10H,3-9H2,1-2H3,(H,13,14). The molecule has 88 valence electrons. The van der Waals surface area contributed by atoms with E-state index in [2.05, 4.69) is 13.2 Å². The zero-order chi connectivity index (χ0) is 11.3. The zero-order valence-electron chi connectivity index (χ0n) is 9.79. The number of carbonyl (C=O) groups is 1. The third kappa shape index (κ3) is 3.13. The summed E-state index contributed by atoms with van der Waals surface area (Å²) in [7, 11) is 0. The Balaban J connectivity index is 2.53. The van der Waals surface area contributed by atoms with E-state index in [1.165, 1.54) is 0 Å². The van der Waals surface area contributed by atoms with E-state index >= 15 is 0 Å². The molecule has 0 aromatic heterocycles. The number of aliphatic carboxylic acids is 1. The number of carboxylic acid groups (broad SMARTS) is 1. The third-order valence-electron chi connectivity index (χ3n) is 3.75. The van der Waals surface area contributed by atoms with E-state index in [-0.39, 0.29) is 5.41 Å². The molecule has 15 heavy (non-hydrogen) atoms. The van der Waals surface area contributed by atoms with Gasteiger partial charge in [-0.2, -0.15) is 11.8 Å². The fourth-order valence-corrected chi connectivity index (χ4v) is 3.10. The Kier molecular flexibility index (Phi) is 4.97. The van der Waals surface area contributed by atoms with E-state index in [9.17, 15) is 9.90 Å². The van der Waals surface area contributed by atoms with Gasteiger partial charge in [-0.25, -0.2) is 0 Å². The van der Waals surface area contributed by atoms with Crippen LogP contribution < -0.4 is 0 Å². The minimum absolute atomic E-state index is 0.379. The van der Waals surface area contributed by atoms with Gasteiger partial charge in [0.05, 0.1) is 5.41 Å². The molecule has 0 aliphatic heterocycles. The zero-order valence-corrected chi connectivity index (χ0v) is 10.6. The van der Waals surface area contributed by atoms with E-state index in [1.54, 1.807) is 0 Å². The number of hydrogen-bond acceptors (Lipinski definition) is 2. The monoisotopic (exact) mass is 230 g/mol. The van der Waals surface area contributed by atoms with E-state index in [1.807, 2.05) is 11.8 Å². The van der Waals surface area contributed by atoms with Crippen LogP contribution in [0.25, 0.3) is 0 Å². The van der Waals surface area contributed by atoms with Crippen molar-refractivity contribution < 1.29 is 9.90 Å². The maximum absolute atomic E-state index is 11.4. The number of hydrogen-bond donors (Lipinski definition) is 1. The van der Waals surface area contributed by atoms with Crippen LogP contribution >= 0.6 is 11.8 Å². The van der Waals surface area contributed by atoms with Gasteiger partial charge >= 0.3 is 5.97 Å². The molecule has 1 N–H and O–H groups in total. The fraction of sp³-hybridized carbons (Fsp3) is 0.917. The molecule has 2 atom stereocenters. The molecule has 2 unspecified atom stereocenters. The highest BCUT2D eigenvalue weighted by Crippen LogP contribution is 2.46. The lowest BCUT2D eigenvalue weighted by atomic mass is 9.81. The molecule has 0 radical (unpaired) electrons. The summed E-state index contributed by atoms with van der Waals surface area (Å²) in [6, 6.07) is 0. The van der Waals surface area contributed by atoms with Crippen molar-refractivity contribution in [3.8, 4) is 0 Å². The lowest BCUT2D eigenvalue weighted by Crippen LogP contribution is -2.28. The molecule has 1 saturated carbocycles. The SMILES string of the molecule is CCC1CCC(CCCSC)(C(=O)O)C1. The molecule has 1 rings (SSSR count). The lowest BCUT2D eigenvalue weighted by molar-refractivity contribution is -0.149. The van der Waals surface area contributed by atoms with Crippen molar-refractivity contribution in [2.45, 2.75) is 45.4 Å². The van der Waals surface area contributed by atoms with Crippen LogP contribution in [0.5, 0.6) is 0 Å². The van der Waals surface area contributed by atoms with Gasteiger partial charge in [-0.05, 0) is 50.0 Å². The normalized spacial score (nSPS) is 30.7. The molecule has 3 heteroatoms. The second kappa shape index (κ2) is 5.78. The van der Waals surface area contributed by atoms with Crippen LogP contribution in [0.15, 0.2) is 0 Å². The summed E-state index contributed by atoms with van der Waals surface area (Å²) in [5, 5.41) is 9.37. The smallest absolute Gasteiger partial charge is 0.309 e. The van der Waals surface area contributed by atoms with Crippen molar-refractivity contribution in [2.75, 3.05) is 12.0 Å². The Morgan fingerprint density at radius 2 is 2.33 bits per heavy atom. The predicted octanol–water partition coefficient (Wildman–Crippen LogP) is 3.41. The van der Waals surface area contributed by atoms with Gasteiger partial charge in [-0.1, -0.05) is 13.3 Å². The third-order valence-corrected chi connectivity index (χ3v) is 4.44. The summed E-state index contributed by atoms with van der Waals surface area (Å²) >= 11 is 1.81. The van der Waals surface area contributed by atoms with Crippen molar-refractivity contribution in [3.63, 3.8) is 0 Å². The van der Waals surface area contributed by atoms with Gasteiger partial charge in [0.25, 0.3) is 0 Å². The Bertz CT molecular complexity index is 218. The quantitative estimate of drug-likeness (QED) is 0.710. The van der Waals surface area contributed by atoms with E-state index in [4.69, 9.17) is 0 Å². The van der Waals surface area contributed by atoms with Gasteiger partial charge in [-0.3, -0.25) is 4.79 Å². The highest BCUT2D eigenvalue weighted by molar-refractivity contribution is 7.98. The molecule has 0 saturated heterocycles. The second-order valence-electron chi connectivity index (χ2n) is 4.70. The van der Waals surface area contributed by atoms with Gasteiger partial charge in [0.15, 0.2) is 0 Å². The number of rotatable bonds is 6. The Morgan fingerprint density at radius 1 is 1.60 bits per heavy atom. The molecule has 1 fully saturated rings. The van der Waals surface area contributed by atoms with Crippen LogP contribution in [0, 0.1) is 11.3 Å². The Hall–Kier alpha value is -0.180. The topological polar surface area (TPSA) is 37.3 Å². The number of thioether (sulfide) groups is 1. The molecule has 2 nitrogen and oxygen atoms in total. The van der Waals surface area contributed by atoms with Crippen LogP contribution in [0.4, 0.5) is 0 Å². The first-order valence-electron chi connectivity index (χ1n) is 5.87. The van der Waals surface area contributed by atoms with Crippen LogP contribution in [0.3, 0.4) is 0 Å². The average Bonchev–Trinajstić information content (AvgIpc) is 2.63. The summed E-state index contributed by atoms with van der Waals surface area (Å²) in [4.78, 5) is 11.4. The second-order valence-corrected chi connectivity index (χ2v) is 5.68. The van der Waals surface area contributed by atoms with Gasteiger partial charge in [0.2, 0.25) is 0 Å². The van der Waals surface area contributed by atoms with Crippen molar-refractivity contribution >= 4 is 17.7 Å². The van der Waals surface area contributed by atoms with Gasteiger partial charge in [-0.15, -0.1) is 0 Å². The van der Waals surface area contributed by atoms with Crippen LogP contribution in [-0.2, 0) is 4.79 Å². The molecule has 0 spiro atoms. The van der Waals surface area contributed by atoms with Gasteiger partial charge in [0, 0.05) is 0 Å². The molecule has 0 heterocycles. The maximum atomic E-state index is 11.4. The molecular formula is C12H22O2S. The Labute approximate surface area is 96.8 Å². The molecular weight excluding hydrogens is 208 g/mol. The lowest BCUT2D eigenvalue weighted by Gasteiger charge is -2.24. The van der Waals surface area contributed by atoms with E-state index in [0.29, 0.717) is 5.92 Å². The molecule has 0 bridgehead atoms. The van der Waals surface area contributed by atoms with Crippen molar-refractivity contribution in [1.29, 1.82) is 0 Å². The highest BCUT2D eigenvalue weighted by Gasteiger charge is 2.44. The first-order valence-corrected chi connectivity index (χ1v) is 7.26. The van der Waals surface area contributed by atoms with Crippen LogP contribution in [0.2, 0.25) is 0 Å². The van der Waals surface area contributed by atoms with Crippen LogP contribution in [-0.4, -0.2) is 23.1 Å². The minimum atomic E-state index is -0.556. The highest BCUT2D eigenvalue weighted by atomic mass is 32.2. The first-order chi connectivity index (χ1) is 7.14.